The largest absolute Gasteiger partial charge is 0.369 e. The normalized spacial score (nSPS) is 18.4. The zero-order chi connectivity index (χ0) is 17.1. The first-order valence-electron chi connectivity index (χ1n) is 9.99. The van der Waals surface area contributed by atoms with Gasteiger partial charge in [0.1, 0.15) is 0 Å². The fourth-order valence-electron chi connectivity index (χ4n) is 4.59. The molecule has 3 heteroatoms. The lowest BCUT2D eigenvalue weighted by Crippen LogP contribution is -2.46. The molecule has 4 rings (SSSR count). The highest BCUT2D eigenvalue weighted by Crippen LogP contribution is 2.26. The zero-order valence-electron chi connectivity index (χ0n) is 15.6. The molecular weight excluding hydrogens is 306 g/mol. The molecule has 0 amide bonds. The Kier molecular flexibility index (Phi) is 5.12. The van der Waals surface area contributed by atoms with Crippen LogP contribution in [0.2, 0.25) is 0 Å². The van der Waals surface area contributed by atoms with Crippen molar-refractivity contribution in [1.82, 2.24) is 9.47 Å². The Hall–Kier alpha value is -1.74. The summed E-state index contributed by atoms with van der Waals surface area (Å²) in [5.74, 6) is 0. The molecule has 2 heterocycles. The van der Waals surface area contributed by atoms with Crippen LogP contribution >= 0.6 is 0 Å². The molecule has 0 N–H and O–H groups in total. The van der Waals surface area contributed by atoms with Crippen LogP contribution in [0.4, 0.5) is 5.69 Å². The van der Waals surface area contributed by atoms with Crippen LogP contribution in [0, 0.1) is 0 Å². The first-order valence-corrected chi connectivity index (χ1v) is 9.99. The summed E-state index contributed by atoms with van der Waals surface area (Å²) in [5, 5.41) is 0. The second-order valence-corrected chi connectivity index (χ2v) is 7.67. The molecule has 1 aromatic carbocycles. The third-order valence-electron chi connectivity index (χ3n) is 6.02. The Morgan fingerprint density at radius 2 is 1.68 bits per heavy atom. The fourth-order valence-corrected chi connectivity index (χ4v) is 4.59. The van der Waals surface area contributed by atoms with Gasteiger partial charge in [0.15, 0.2) is 0 Å². The summed E-state index contributed by atoms with van der Waals surface area (Å²) in [6, 6.07) is 10.8. The fraction of sp³-hybridized carbons (Fsp3) is 0.545. The smallest absolute Gasteiger partial charge is 0.0367 e. The summed E-state index contributed by atoms with van der Waals surface area (Å²) >= 11 is 0. The van der Waals surface area contributed by atoms with Gasteiger partial charge in [-0.1, -0.05) is 18.2 Å². The Balaban J connectivity index is 1.25. The van der Waals surface area contributed by atoms with E-state index in [1.165, 1.54) is 63.8 Å². The quantitative estimate of drug-likeness (QED) is 0.825. The number of benzene rings is 1. The number of fused-ring (bicyclic) bond motifs is 1. The zero-order valence-corrected chi connectivity index (χ0v) is 15.6. The van der Waals surface area contributed by atoms with E-state index >= 15 is 0 Å². The van der Waals surface area contributed by atoms with Crippen molar-refractivity contribution in [2.45, 2.75) is 38.5 Å². The highest BCUT2D eigenvalue weighted by atomic mass is 15.3. The van der Waals surface area contributed by atoms with Crippen LogP contribution in [0.3, 0.4) is 0 Å². The minimum absolute atomic E-state index is 1.16. The van der Waals surface area contributed by atoms with Crippen LogP contribution in [0.5, 0.6) is 0 Å². The van der Waals surface area contributed by atoms with E-state index < -0.39 is 0 Å². The standard InChI is InChI=1S/C22H31N3/c1-23-18-19(21-11-5-6-12-22(21)23)8-7-13-24-14-16-25(17-15-24)20-9-3-2-4-10-20/h2-4,9-10,18H,5-8,11-17H2,1H3. The average molecular weight is 338 g/mol. The predicted molar refractivity (Wildman–Crippen MR) is 105 cm³/mol. The van der Waals surface area contributed by atoms with Gasteiger partial charge in [0.25, 0.3) is 0 Å². The molecule has 1 aliphatic heterocycles. The molecule has 25 heavy (non-hydrogen) atoms. The van der Waals surface area contributed by atoms with Gasteiger partial charge in [-0.2, -0.15) is 0 Å². The van der Waals surface area contributed by atoms with E-state index in [1.54, 1.807) is 16.8 Å². The topological polar surface area (TPSA) is 11.4 Å². The van der Waals surface area contributed by atoms with Crippen LogP contribution in [0.15, 0.2) is 36.5 Å². The highest BCUT2D eigenvalue weighted by Gasteiger charge is 2.19. The van der Waals surface area contributed by atoms with E-state index in [1.807, 2.05) is 0 Å². The van der Waals surface area contributed by atoms with Gasteiger partial charge >= 0.3 is 0 Å². The van der Waals surface area contributed by atoms with E-state index in [9.17, 15) is 0 Å². The average Bonchev–Trinajstić information content (AvgIpc) is 2.99. The molecule has 0 unspecified atom stereocenters. The molecule has 3 nitrogen and oxygen atoms in total. The van der Waals surface area contributed by atoms with Crippen LogP contribution in [0.25, 0.3) is 0 Å². The monoisotopic (exact) mass is 337 g/mol. The number of aryl methyl sites for hydroxylation is 2. The van der Waals surface area contributed by atoms with Gasteiger partial charge in [-0.05, 0) is 68.3 Å². The molecule has 2 aliphatic rings. The summed E-state index contributed by atoms with van der Waals surface area (Å²) in [6.07, 6.45) is 10.3. The van der Waals surface area contributed by atoms with Gasteiger partial charge in [0, 0.05) is 50.8 Å². The molecule has 0 saturated carbocycles. The van der Waals surface area contributed by atoms with Gasteiger partial charge in [0.05, 0.1) is 0 Å². The molecule has 1 fully saturated rings. The van der Waals surface area contributed by atoms with Crippen LogP contribution in [0.1, 0.15) is 36.1 Å². The molecule has 0 radical (unpaired) electrons. The van der Waals surface area contributed by atoms with Gasteiger partial charge in [-0.15, -0.1) is 0 Å². The molecule has 1 aliphatic carbocycles. The lowest BCUT2D eigenvalue weighted by molar-refractivity contribution is 0.255. The maximum atomic E-state index is 2.65. The van der Waals surface area contributed by atoms with Crippen molar-refractivity contribution < 1.29 is 0 Å². The number of rotatable bonds is 5. The number of anilines is 1. The number of para-hydroxylation sites is 1. The first kappa shape index (κ1) is 16.7. The second kappa shape index (κ2) is 7.65. The van der Waals surface area contributed by atoms with E-state index in [0.717, 1.165) is 13.1 Å². The van der Waals surface area contributed by atoms with Gasteiger partial charge in [0.2, 0.25) is 0 Å². The van der Waals surface area contributed by atoms with Gasteiger partial charge in [-0.25, -0.2) is 0 Å². The van der Waals surface area contributed by atoms with Crippen molar-refractivity contribution in [3.05, 3.63) is 53.3 Å². The third-order valence-corrected chi connectivity index (χ3v) is 6.02. The van der Waals surface area contributed by atoms with Crippen LogP contribution in [-0.2, 0) is 26.3 Å². The maximum Gasteiger partial charge on any atom is 0.0367 e. The molecule has 2 aromatic rings. The summed E-state index contributed by atoms with van der Waals surface area (Å²) in [7, 11) is 2.23. The number of piperazine rings is 1. The summed E-state index contributed by atoms with van der Waals surface area (Å²) < 4.78 is 2.39. The Labute approximate surface area is 152 Å². The summed E-state index contributed by atoms with van der Waals surface area (Å²) in [4.78, 5) is 5.17. The van der Waals surface area contributed by atoms with Crippen molar-refractivity contribution in [2.75, 3.05) is 37.6 Å². The van der Waals surface area contributed by atoms with Gasteiger partial charge in [-0.3, -0.25) is 4.90 Å². The van der Waals surface area contributed by atoms with E-state index in [4.69, 9.17) is 0 Å². The Morgan fingerprint density at radius 3 is 2.48 bits per heavy atom. The maximum absolute atomic E-state index is 2.65. The van der Waals surface area contributed by atoms with Crippen molar-refractivity contribution in [3.8, 4) is 0 Å². The molecular formula is C22H31N3. The number of nitrogens with zero attached hydrogens (tertiary/aromatic N) is 3. The number of hydrogen-bond acceptors (Lipinski definition) is 2. The number of aromatic nitrogens is 1. The Bertz CT molecular complexity index is 681. The van der Waals surface area contributed by atoms with Crippen molar-refractivity contribution >= 4 is 5.69 Å². The van der Waals surface area contributed by atoms with Gasteiger partial charge < -0.3 is 9.47 Å². The molecule has 1 saturated heterocycles. The van der Waals surface area contributed by atoms with Crippen molar-refractivity contribution in [2.24, 2.45) is 7.05 Å². The lowest BCUT2D eigenvalue weighted by Gasteiger charge is -2.36. The number of hydrogen-bond donors (Lipinski definition) is 0. The van der Waals surface area contributed by atoms with E-state index in [-0.39, 0.29) is 0 Å². The third kappa shape index (κ3) is 3.77. The lowest BCUT2D eigenvalue weighted by atomic mass is 9.93. The molecule has 1 aromatic heterocycles. The van der Waals surface area contributed by atoms with E-state index in [0.29, 0.717) is 0 Å². The molecule has 0 bridgehead atoms. The molecule has 0 atom stereocenters. The summed E-state index contributed by atoms with van der Waals surface area (Å²) in [5.41, 5.74) is 6.29. The van der Waals surface area contributed by atoms with Crippen LogP contribution in [-0.4, -0.2) is 42.2 Å². The Morgan fingerprint density at radius 1 is 0.920 bits per heavy atom. The second-order valence-electron chi connectivity index (χ2n) is 7.67. The minimum atomic E-state index is 1.16. The van der Waals surface area contributed by atoms with Crippen molar-refractivity contribution in [3.63, 3.8) is 0 Å². The van der Waals surface area contributed by atoms with E-state index in [2.05, 4.69) is 57.9 Å². The molecule has 0 spiro atoms. The van der Waals surface area contributed by atoms with Crippen LogP contribution < -0.4 is 4.90 Å². The SMILES string of the molecule is Cn1cc(CCCN2CCN(c3ccccc3)CC2)c2c1CCCC2. The first-order chi connectivity index (χ1) is 12.3. The highest BCUT2D eigenvalue weighted by molar-refractivity contribution is 5.46. The summed E-state index contributed by atoms with van der Waals surface area (Å²) in [6.45, 7) is 5.95. The van der Waals surface area contributed by atoms with Crippen molar-refractivity contribution in [1.29, 1.82) is 0 Å². The molecule has 134 valence electrons. The predicted octanol–water partition coefficient (Wildman–Crippen LogP) is 3.66. The minimum Gasteiger partial charge on any atom is -0.369 e.